The first-order valence-corrected chi connectivity index (χ1v) is 6.37. The van der Waals surface area contributed by atoms with Gasteiger partial charge in [-0.2, -0.15) is 0 Å². The van der Waals surface area contributed by atoms with Crippen molar-refractivity contribution in [1.29, 1.82) is 0 Å². The number of aryl methyl sites for hydroxylation is 1. The fraction of sp³-hybridized carbons (Fsp3) is 0.200. The summed E-state index contributed by atoms with van der Waals surface area (Å²) in [5, 5.41) is 3.26. The summed E-state index contributed by atoms with van der Waals surface area (Å²) < 4.78 is 1.98. The van der Waals surface area contributed by atoms with E-state index in [-0.39, 0.29) is 11.8 Å². The molecule has 1 aliphatic heterocycles. The maximum atomic E-state index is 11.9. The highest BCUT2D eigenvalue weighted by Crippen LogP contribution is 2.24. The van der Waals surface area contributed by atoms with Gasteiger partial charge in [0.15, 0.2) is 0 Å². The molecule has 0 bridgehead atoms. The molecule has 0 unspecified atom stereocenters. The summed E-state index contributed by atoms with van der Waals surface area (Å²) in [4.78, 5) is 24.8. The van der Waals surface area contributed by atoms with Crippen molar-refractivity contribution in [2.45, 2.75) is 6.54 Å². The molecule has 0 aliphatic carbocycles. The fourth-order valence-electron chi connectivity index (χ4n) is 2.34. The van der Waals surface area contributed by atoms with Crippen molar-refractivity contribution in [1.82, 2.24) is 9.47 Å². The van der Waals surface area contributed by atoms with Crippen molar-refractivity contribution >= 4 is 17.5 Å². The summed E-state index contributed by atoms with van der Waals surface area (Å²) >= 11 is 0. The molecule has 2 amide bonds. The molecule has 0 saturated carbocycles. The number of benzene rings is 1. The van der Waals surface area contributed by atoms with Gasteiger partial charge in [-0.1, -0.05) is 0 Å². The van der Waals surface area contributed by atoms with E-state index >= 15 is 0 Å². The van der Waals surface area contributed by atoms with Gasteiger partial charge in [0.1, 0.15) is 0 Å². The van der Waals surface area contributed by atoms with E-state index in [9.17, 15) is 9.59 Å². The van der Waals surface area contributed by atoms with E-state index in [4.69, 9.17) is 0 Å². The Morgan fingerprint density at radius 1 is 1.05 bits per heavy atom. The number of rotatable bonds is 3. The molecule has 5 nitrogen and oxygen atoms in total. The standard InChI is InChI=1S/C15H15N3O2/c1-17-6-5-10(9-17)8-16-11-3-4-12-13(7-11)15(20)18(2)14(12)19/h3-7,9,16H,8H2,1-2H3. The quantitative estimate of drug-likeness (QED) is 0.865. The Hall–Kier alpha value is -2.56. The van der Waals surface area contributed by atoms with E-state index in [1.54, 1.807) is 12.1 Å². The number of carbonyl (C=O) groups excluding carboxylic acids is 2. The third-order valence-electron chi connectivity index (χ3n) is 3.48. The van der Waals surface area contributed by atoms with E-state index in [0.717, 1.165) is 16.2 Å². The normalized spacial score (nSPS) is 13.8. The Kier molecular flexibility index (Phi) is 2.82. The van der Waals surface area contributed by atoms with Gasteiger partial charge in [-0.15, -0.1) is 0 Å². The van der Waals surface area contributed by atoms with Crippen molar-refractivity contribution in [2.24, 2.45) is 7.05 Å². The van der Waals surface area contributed by atoms with Gasteiger partial charge in [0.25, 0.3) is 11.8 Å². The van der Waals surface area contributed by atoms with Gasteiger partial charge >= 0.3 is 0 Å². The Morgan fingerprint density at radius 2 is 1.80 bits per heavy atom. The second-order valence-electron chi connectivity index (χ2n) is 4.97. The zero-order chi connectivity index (χ0) is 14.3. The van der Waals surface area contributed by atoms with E-state index in [1.807, 2.05) is 36.1 Å². The zero-order valence-electron chi connectivity index (χ0n) is 11.4. The lowest BCUT2D eigenvalue weighted by atomic mass is 10.1. The van der Waals surface area contributed by atoms with E-state index in [2.05, 4.69) is 5.32 Å². The molecule has 0 atom stereocenters. The van der Waals surface area contributed by atoms with Gasteiger partial charge in [-0.3, -0.25) is 14.5 Å². The minimum absolute atomic E-state index is 0.236. The smallest absolute Gasteiger partial charge is 0.261 e. The zero-order valence-corrected chi connectivity index (χ0v) is 11.4. The van der Waals surface area contributed by atoms with Crippen LogP contribution in [0.1, 0.15) is 26.3 Å². The van der Waals surface area contributed by atoms with Crippen LogP contribution in [0, 0.1) is 0 Å². The van der Waals surface area contributed by atoms with Gasteiger partial charge in [0.2, 0.25) is 0 Å². The van der Waals surface area contributed by atoms with Gasteiger partial charge in [0.05, 0.1) is 11.1 Å². The molecule has 0 saturated heterocycles. The number of imide groups is 1. The molecule has 5 heteroatoms. The first kappa shape index (κ1) is 12.5. The van der Waals surface area contributed by atoms with Crippen LogP contribution in [0.4, 0.5) is 5.69 Å². The van der Waals surface area contributed by atoms with Crippen LogP contribution < -0.4 is 5.32 Å². The molecule has 1 N–H and O–H groups in total. The largest absolute Gasteiger partial charge is 0.381 e. The number of fused-ring (bicyclic) bond motifs is 1. The highest BCUT2D eigenvalue weighted by molar-refractivity contribution is 6.21. The predicted octanol–water partition coefficient (Wildman–Crippen LogP) is 1.86. The Labute approximate surface area is 116 Å². The molecule has 1 aliphatic rings. The number of nitrogens with one attached hydrogen (secondary N) is 1. The highest BCUT2D eigenvalue weighted by atomic mass is 16.2. The van der Waals surface area contributed by atoms with Crippen LogP contribution in [0.25, 0.3) is 0 Å². The average molecular weight is 269 g/mol. The summed E-state index contributed by atoms with van der Waals surface area (Å²) in [5.74, 6) is -0.479. The van der Waals surface area contributed by atoms with Crippen molar-refractivity contribution in [3.63, 3.8) is 0 Å². The van der Waals surface area contributed by atoms with Crippen LogP contribution in [-0.4, -0.2) is 28.3 Å². The lowest BCUT2D eigenvalue weighted by molar-refractivity contribution is 0.0693. The molecule has 0 fully saturated rings. The lowest BCUT2D eigenvalue weighted by Crippen LogP contribution is -2.24. The third-order valence-corrected chi connectivity index (χ3v) is 3.48. The summed E-state index contributed by atoms with van der Waals surface area (Å²) in [6.45, 7) is 0.678. The van der Waals surface area contributed by atoms with Crippen LogP contribution in [0.5, 0.6) is 0 Å². The molecule has 3 rings (SSSR count). The summed E-state index contributed by atoms with van der Waals surface area (Å²) in [6, 6.07) is 7.29. The van der Waals surface area contributed by atoms with Gasteiger partial charge in [0, 0.05) is 38.7 Å². The Morgan fingerprint density at radius 3 is 2.50 bits per heavy atom. The summed E-state index contributed by atoms with van der Waals surface area (Å²) in [7, 11) is 3.47. The molecule has 2 heterocycles. The molecular formula is C15H15N3O2. The first-order valence-electron chi connectivity index (χ1n) is 6.37. The fourth-order valence-corrected chi connectivity index (χ4v) is 2.34. The molecule has 1 aromatic carbocycles. The minimum Gasteiger partial charge on any atom is -0.381 e. The molecule has 2 aromatic rings. The predicted molar refractivity (Wildman–Crippen MR) is 75.6 cm³/mol. The third kappa shape index (κ3) is 1.97. The van der Waals surface area contributed by atoms with Crippen LogP contribution in [-0.2, 0) is 13.6 Å². The number of hydrogen-bond donors (Lipinski definition) is 1. The Balaban J connectivity index is 1.80. The van der Waals surface area contributed by atoms with Gasteiger partial charge in [-0.25, -0.2) is 0 Å². The van der Waals surface area contributed by atoms with Crippen molar-refractivity contribution in [3.8, 4) is 0 Å². The SMILES string of the molecule is CN1C(=O)c2ccc(NCc3ccn(C)c3)cc2C1=O. The van der Waals surface area contributed by atoms with Gasteiger partial charge in [-0.05, 0) is 29.8 Å². The van der Waals surface area contributed by atoms with E-state index in [1.165, 1.54) is 7.05 Å². The van der Waals surface area contributed by atoms with Crippen molar-refractivity contribution in [3.05, 3.63) is 53.3 Å². The van der Waals surface area contributed by atoms with Crippen LogP contribution in [0.2, 0.25) is 0 Å². The number of amides is 2. The molecular weight excluding hydrogens is 254 g/mol. The summed E-state index contributed by atoms with van der Waals surface area (Å²) in [6.07, 6.45) is 4.01. The van der Waals surface area contributed by atoms with Gasteiger partial charge < -0.3 is 9.88 Å². The number of hydrogen-bond acceptors (Lipinski definition) is 3. The maximum Gasteiger partial charge on any atom is 0.261 e. The topological polar surface area (TPSA) is 54.3 Å². The number of aromatic nitrogens is 1. The molecule has 102 valence electrons. The number of anilines is 1. The van der Waals surface area contributed by atoms with Crippen LogP contribution >= 0.6 is 0 Å². The average Bonchev–Trinajstić information content (AvgIpc) is 2.95. The lowest BCUT2D eigenvalue weighted by Gasteiger charge is -2.06. The monoisotopic (exact) mass is 269 g/mol. The van der Waals surface area contributed by atoms with Crippen LogP contribution in [0.3, 0.4) is 0 Å². The minimum atomic E-state index is -0.242. The van der Waals surface area contributed by atoms with Crippen LogP contribution in [0.15, 0.2) is 36.7 Å². The van der Waals surface area contributed by atoms with E-state index < -0.39 is 0 Å². The second-order valence-corrected chi connectivity index (χ2v) is 4.97. The molecule has 1 aromatic heterocycles. The summed E-state index contributed by atoms with van der Waals surface area (Å²) in [5.41, 5.74) is 2.94. The Bertz CT molecular complexity index is 703. The number of carbonyl (C=O) groups is 2. The van der Waals surface area contributed by atoms with Crippen molar-refractivity contribution in [2.75, 3.05) is 12.4 Å². The molecule has 0 spiro atoms. The maximum absolute atomic E-state index is 11.9. The second kappa shape index (κ2) is 4.52. The van der Waals surface area contributed by atoms with E-state index in [0.29, 0.717) is 17.7 Å². The molecule has 20 heavy (non-hydrogen) atoms. The first-order chi connectivity index (χ1) is 9.56. The van der Waals surface area contributed by atoms with Crippen molar-refractivity contribution < 1.29 is 9.59 Å². The highest BCUT2D eigenvalue weighted by Gasteiger charge is 2.32. The number of nitrogens with zero attached hydrogens (tertiary/aromatic N) is 2. The molecule has 0 radical (unpaired) electrons.